The highest BCUT2D eigenvalue weighted by molar-refractivity contribution is 6.13. The van der Waals surface area contributed by atoms with Crippen molar-refractivity contribution in [1.82, 2.24) is 0 Å². The maximum absolute atomic E-state index is 11.7. The second-order valence-corrected chi connectivity index (χ2v) is 3.40. The molecule has 78 valence electrons. The van der Waals surface area contributed by atoms with Crippen molar-refractivity contribution >= 4 is 17.3 Å². The first-order chi connectivity index (χ1) is 7.20. The number of ketones is 2. The van der Waals surface area contributed by atoms with Gasteiger partial charge in [0.05, 0.1) is 20.1 Å². The molecule has 0 aliphatic carbocycles. The number of ether oxygens (including phenoxy) is 1. The van der Waals surface area contributed by atoms with Gasteiger partial charge in [0.25, 0.3) is 0 Å². The minimum atomic E-state index is -0.154. The van der Waals surface area contributed by atoms with E-state index in [9.17, 15) is 9.59 Å². The number of fused-ring (bicyclic) bond motifs is 1. The summed E-state index contributed by atoms with van der Waals surface area (Å²) in [4.78, 5) is 22.9. The van der Waals surface area contributed by atoms with Gasteiger partial charge in [-0.1, -0.05) is 0 Å². The lowest BCUT2D eigenvalue weighted by Crippen LogP contribution is -2.11. The number of rotatable bonds is 1. The van der Waals surface area contributed by atoms with E-state index in [1.54, 1.807) is 25.3 Å². The molecule has 0 unspecified atom stereocenters. The van der Waals surface area contributed by atoms with Crippen LogP contribution < -0.4 is 10.1 Å². The lowest BCUT2D eigenvalue weighted by Gasteiger charge is -2.07. The summed E-state index contributed by atoms with van der Waals surface area (Å²) in [5.74, 6) is 0.382. The van der Waals surface area contributed by atoms with Crippen LogP contribution >= 0.6 is 0 Å². The van der Waals surface area contributed by atoms with Crippen LogP contribution in [0.15, 0.2) is 18.2 Å². The molecule has 1 N–H and O–H groups in total. The van der Waals surface area contributed by atoms with E-state index >= 15 is 0 Å². The smallest absolute Gasteiger partial charge is 0.172 e. The zero-order valence-electron chi connectivity index (χ0n) is 8.37. The molecule has 0 atom stereocenters. The van der Waals surface area contributed by atoms with Gasteiger partial charge in [-0.3, -0.25) is 9.59 Å². The summed E-state index contributed by atoms with van der Waals surface area (Å²) in [6, 6.07) is 5.17. The van der Waals surface area contributed by atoms with Gasteiger partial charge in [-0.15, -0.1) is 0 Å². The maximum atomic E-state index is 11.7. The van der Waals surface area contributed by atoms with Crippen LogP contribution in [-0.4, -0.2) is 25.2 Å². The van der Waals surface area contributed by atoms with E-state index in [2.05, 4.69) is 5.32 Å². The second kappa shape index (κ2) is 3.73. The van der Waals surface area contributed by atoms with E-state index in [-0.39, 0.29) is 24.5 Å². The van der Waals surface area contributed by atoms with Gasteiger partial charge in [-0.25, -0.2) is 0 Å². The first kappa shape index (κ1) is 9.71. The SMILES string of the molecule is COc1ccc2c(c1)C(=O)CC(=O)CN2. The Morgan fingerprint density at radius 3 is 2.87 bits per heavy atom. The van der Waals surface area contributed by atoms with Gasteiger partial charge in [0.1, 0.15) is 5.75 Å². The standard InChI is InChI=1S/C11H11NO3/c1-15-8-2-3-10-9(5-8)11(14)4-7(13)6-12-10/h2-3,5,12H,4,6H2,1H3. The molecule has 0 amide bonds. The van der Waals surface area contributed by atoms with Crippen LogP contribution in [0.4, 0.5) is 5.69 Å². The van der Waals surface area contributed by atoms with Crippen LogP contribution in [-0.2, 0) is 4.79 Å². The highest BCUT2D eigenvalue weighted by atomic mass is 16.5. The van der Waals surface area contributed by atoms with Crippen molar-refractivity contribution in [2.45, 2.75) is 6.42 Å². The number of hydrogen-bond acceptors (Lipinski definition) is 4. The monoisotopic (exact) mass is 205 g/mol. The van der Waals surface area contributed by atoms with E-state index in [4.69, 9.17) is 4.74 Å². The van der Waals surface area contributed by atoms with Crippen LogP contribution in [0.5, 0.6) is 5.75 Å². The fraction of sp³-hybridized carbons (Fsp3) is 0.273. The molecule has 1 heterocycles. The van der Waals surface area contributed by atoms with Gasteiger partial charge >= 0.3 is 0 Å². The van der Waals surface area contributed by atoms with Crippen LogP contribution in [0.1, 0.15) is 16.8 Å². The van der Waals surface area contributed by atoms with Crippen LogP contribution in [0, 0.1) is 0 Å². The maximum Gasteiger partial charge on any atom is 0.172 e. The van der Waals surface area contributed by atoms with Gasteiger partial charge in [0.15, 0.2) is 11.6 Å². The number of carbonyl (C=O) groups excluding carboxylic acids is 2. The van der Waals surface area contributed by atoms with Crippen LogP contribution in [0.2, 0.25) is 0 Å². The second-order valence-electron chi connectivity index (χ2n) is 3.40. The predicted molar refractivity (Wildman–Crippen MR) is 55.4 cm³/mol. The molecular weight excluding hydrogens is 194 g/mol. The Morgan fingerprint density at radius 1 is 1.33 bits per heavy atom. The summed E-state index contributed by atoms with van der Waals surface area (Å²) in [5, 5.41) is 2.93. The topological polar surface area (TPSA) is 55.4 Å². The molecule has 1 aliphatic rings. The van der Waals surface area contributed by atoms with Gasteiger partial charge in [0.2, 0.25) is 0 Å². The summed E-state index contributed by atoms with van der Waals surface area (Å²) in [6.45, 7) is 0.213. The Kier molecular flexibility index (Phi) is 2.41. The number of Topliss-reactive ketones (excluding diaryl/α,β-unsaturated/α-hetero) is 2. The number of benzene rings is 1. The third-order valence-electron chi connectivity index (χ3n) is 2.36. The lowest BCUT2D eigenvalue weighted by molar-refractivity contribution is -0.116. The molecule has 0 aromatic heterocycles. The lowest BCUT2D eigenvalue weighted by atomic mass is 10.1. The molecular formula is C11H11NO3. The summed E-state index contributed by atoms with van der Waals surface area (Å²) in [7, 11) is 1.54. The summed E-state index contributed by atoms with van der Waals surface area (Å²) < 4.78 is 5.03. The quantitative estimate of drug-likeness (QED) is 0.701. The molecule has 0 saturated heterocycles. The van der Waals surface area contributed by atoms with E-state index < -0.39 is 0 Å². The van der Waals surface area contributed by atoms with Gasteiger partial charge in [-0.2, -0.15) is 0 Å². The molecule has 0 radical (unpaired) electrons. The van der Waals surface area contributed by atoms with Crippen molar-refractivity contribution in [3.05, 3.63) is 23.8 Å². The molecule has 0 bridgehead atoms. The molecule has 1 aliphatic heterocycles. The van der Waals surface area contributed by atoms with Crippen molar-refractivity contribution in [3.63, 3.8) is 0 Å². The van der Waals surface area contributed by atoms with Crippen molar-refractivity contribution in [2.24, 2.45) is 0 Å². The average molecular weight is 205 g/mol. The Balaban J connectivity index is 2.45. The molecule has 1 aromatic rings. The number of anilines is 1. The molecule has 4 nitrogen and oxygen atoms in total. The normalized spacial score (nSPS) is 15.3. The van der Waals surface area contributed by atoms with Crippen molar-refractivity contribution in [3.8, 4) is 5.75 Å². The third-order valence-corrected chi connectivity index (χ3v) is 2.36. The minimum absolute atomic E-state index is 0.0346. The van der Waals surface area contributed by atoms with Crippen LogP contribution in [0.25, 0.3) is 0 Å². The molecule has 1 aromatic carbocycles. The van der Waals surface area contributed by atoms with Crippen molar-refractivity contribution < 1.29 is 14.3 Å². The molecule has 4 heteroatoms. The summed E-state index contributed by atoms with van der Waals surface area (Å²) in [5.41, 5.74) is 1.23. The Morgan fingerprint density at radius 2 is 2.13 bits per heavy atom. The van der Waals surface area contributed by atoms with Crippen LogP contribution in [0.3, 0.4) is 0 Å². The van der Waals surface area contributed by atoms with E-state index in [1.807, 2.05) is 0 Å². The zero-order valence-corrected chi connectivity index (χ0v) is 8.37. The Hall–Kier alpha value is -1.84. The Labute approximate surface area is 87.2 Å². The number of carbonyl (C=O) groups is 2. The van der Waals surface area contributed by atoms with Gasteiger partial charge in [-0.05, 0) is 18.2 Å². The van der Waals surface area contributed by atoms with Gasteiger partial charge in [0, 0.05) is 11.3 Å². The largest absolute Gasteiger partial charge is 0.497 e. The van der Waals surface area contributed by atoms with E-state index in [0.29, 0.717) is 17.0 Å². The fourth-order valence-electron chi connectivity index (χ4n) is 1.57. The number of methoxy groups -OCH3 is 1. The van der Waals surface area contributed by atoms with E-state index in [0.717, 1.165) is 0 Å². The highest BCUT2D eigenvalue weighted by Gasteiger charge is 2.20. The predicted octanol–water partition coefficient (Wildman–Crippen LogP) is 1.26. The molecule has 0 fully saturated rings. The molecule has 15 heavy (non-hydrogen) atoms. The van der Waals surface area contributed by atoms with Crippen molar-refractivity contribution in [1.29, 1.82) is 0 Å². The average Bonchev–Trinajstić information content (AvgIpc) is 2.38. The van der Waals surface area contributed by atoms with E-state index in [1.165, 1.54) is 0 Å². The zero-order chi connectivity index (χ0) is 10.8. The Bertz CT molecular complexity index is 426. The number of nitrogens with one attached hydrogen (secondary N) is 1. The summed E-state index contributed by atoms with van der Waals surface area (Å²) >= 11 is 0. The molecule has 2 rings (SSSR count). The third kappa shape index (κ3) is 1.83. The molecule has 0 saturated carbocycles. The molecule has 0 spiro atoms. The van der Waals surface area contributed by atoms with Crippen molar-refractivity contribution in [2.75, 3.05) is 19.0 Å². The first-order valence-corrected chi connectivity index (χ1v) is 4.67. The first-order valence-electron chi connectivity index (χ1n) is 4.67. The van der Waals surface area contributed by atoms with Gasteiger partial charge < -0.3 is 10.1 Å². The fourth-order valence-corrected chi connectivity index (χ4v) is 1.57. The minimum Gasteiger partial charge on any atom is -0.497 e. The summed E-state index contributed by atoms with van der Waals surface area (Å²) in [6.07, 6.45) is -0.0346. The highest BCUT2D eigenvalue weighted by Crippen LogP contribution is 2.25. The number of hydrogen-bond donors (Lipinski definition) is 1.